The molecule has 24 heavy (non-hydrogen) atoms. The standard InChI is InChI=1S/C19H22N4O/c1-22-9-4-10-23(12-11-22)19-15-13-14(20)7-8-17(15)24-18-6-3-2-5-16(18)21-19/h2-3,5-8,13H,4,9-12,20H2,1H3. The summed E-state index contributed by atoms with van der Waals surface area (Å²) >= 11 is 0. The van der Waals surface area contributed by atoms with Gasteiger partial charge >= 0.3 is 0 Å². The highest BCUT2D eigenvalue weighted by Crippen LogP contribution is 2.38. The molecule has 2 aliphatic heterocycles. The molecule has 0 amide bonds. The van der Waals surface area contributed by atoms with Crippen molar-refractivity contribution >= 4 is 17.2 Å². The Morgan fingerprint density at radius 3 is 2.79 bits per heavy atom. The molecule has 0 bridgehead atoms. The largest absolute Gasteiger partial charge is 0.454 e. The van der Waals surface area contributed by atoms with Gasteiger partial charge in [-0.25, -0.2) is 4.99 Å². The van der Waals surface area contributed by atoms with Gasteiger partial charge in [0.15, 0.2) is 5.75 Å². The Kier molecular flexibility index (Phi) is 3.86. The van der Waals surface area contributed by atoms with Gasteiger partial charge in [0.25, 0.3) is 0 Å². The Balaban J connectivity index is 1.83. The van der Waals surface area contributed by atoms with Gasteiger partial charge in [0.1, 0.15) is 17.3 Å². The third kappa shape index (κ3) is 2.83. The molecule has 5 nitrogen and oxygen atoms in total. The number of likely N-dealkylation sites (N-methyl/N-ethyl adjacent to an activating group) is 1. The first-order valence-electron chi connectivity index (χ1n) is 8.40. The lowest BCUT2D eigenvalue weighted by Gasteiger charge is -2.25. The number of nitrogen functional groups attached to an aromatic ring is 1. The van der Waals surface area contributed by atoms with Crippen molar-refractivity contribution in [2.75, 3.05) is 39.0 Å². The van der Waals surface area contributed by atoms with E-state index in [9.17, 15) is 0 Å². The molecular formula is C19H22N4O. The van der Waals surface area contributed by atoms with Gasteiger partial charge in [-0.2, -0.15) is 0 Å². The second kappa shape index (κ2) is 6.17. The van der Waals surface area contributed by atoms with Crippen LogP contribution in [-0.4, -0.2) is 48.9 Å². The van der Waals surface area contributed by atoms with Crippen LogP contribution < -0.4 is 10.5 Å². The third-order valence-corrected chi connectivity index (χ3v) is 4.58. The molecule has 2 heterocycles. The minimum absolute atomic E-state index is 0.725. The molecule has 0 radical (unpaired) electrons. The number of amidine groups is 1. The van der Waals surface area contributed by atoms with Crippen LogP contribution in [0.2, 0.25) is 0 Å². The van der Waals surface area contributed by atoms with Gasteiger partial charge in [0.2, 0.25) is 0 Å². The first-order chi connectivity index (χ1) is 11.7. The number of rotatable bonds is 0. The van der Waals surface area contributed by atoms with E-state index in [1.807, 2.05) is 42.5 Å². The Labute approximate surface area is 142 Å². The molecule has 1 fully saturated rings. The topological polar surface area (TPSA) is 54.1 Å². The van der Waals surface area contributed by atoms with E-state index in [1.165, 1.54) is 0 Å². The molecule has 124 valence electrons. The molecule has 5 heteroatoms. The summed E-state index contributed by atoms with van der Waals surface area (Å²) in [7, 11) is 2.17. The zero-order valence-electron chi connectivity index (χ0n) is 13.9. The summed E-state index contributed by atoms with van der Waals surface area (Å²) in [5.74, 6) is 2.55. The van der Waals surface area contributed by atoms with Crippen molar-refractivity contribution in [3.8, 4) is 11.5 Å². The number of para-hydroxylation sites is 2. The van der Waals surface area contributed by atoms with Crippen LogP contribution in [-0.2, 0) is 0 Å². The number of nitrogens with two attached hydrogens (primary N) is 1. The molecule has 2 N–H and O–H groups in total. The summed E-state index contributed by atoms with van der Waals surface area (Å²) in [6.07, 6.45) is 1.12. The smallest absolute Gasteiger partial charge is 0.153 e. The van der Waals surface area contributed by atoms with Gasteiger partial charge < -0.3 is 20.3 Å². The fraction of sp³-hybridized carbons (Fsp3) is 0.316. The highest BCUT2D eigenvalue weighted by molar-refractivity contribution is 6.04. The van der Waals surface area contributed by atoms with Gasteiger partial charge in [-0.15, -0.1) is 0 Å². The molecule has 2 aliphatic rings. The number of anilines is 1. The van der Waals surface area contributed by atoms with E-state index in [1.54, 1.807) is 0 Å². The highest BCUT2D eigenvalue weighted by atomic mass is 16.5. The van der Waals surface area contributed by atoms with Crippen LogP contribution in [0.15, 0.2) is 47.5 Å². The fourth-order valence-corrected chi connectivity index (χ4v) is 3.24. The number of fused-ring (bicyclic) bond motifs is 2. The molecular weight excluding hydrogens is 300 g/mol. The van der Waals surface area contributed by atoms with Crippen molar-refractivity contribution in [1.82, 2.24) is 9.80 Å². The predicted octanol–water partition coefficient (Wildman–Crippen LogP) is 3.09. The summed E-state index contributed by atoms with van der Waals surface area (Å²) < 4.78 is 6.12. The van der Waals surface area contributed by atoms with Crippen LogP contribution >= 0.6 is 0 Å². The summed E-state index contributed by atoms with van der Waals surface area (Å²) in [4.78, 5) is 9.67. The van der Waals surface area contributed by atoms with Crippen molar-refractivity contribution < 1.29 is 4.74 Å². The van der Waals surface area contributed by atoms with Gasteiger partial charge in [-0.3, -0.25) is 0 Å². The van der Waals surface area contributed by atoms with E-state index >= 15 is 0 Å². The first-order valence-corrected chi connectivity index (χ1v) is 8.40. The summed E-state index contributed by atoms with van der Waals surface area (Å²) in [6.45, 7) is 4.07. The zero-order valence-corrected chi connectivity index (χ0v) is 13.9. The van der Waals surface area contributed by atoms with Crippen LogP contribution in [0.4, 0.5) is 11.4 Å². The molecule has 0 unspecified atom stereocenters. The quantitative estimate of drug-likeness (QED) is 0.757. The Morgan fingerprint density at radius 2 is 1.88 bits per heavy atom. The second-order valence-electron chi connectivity index (χ2n) is 6.40. The van der Waals surface area contributed by atoms with E-state index in [0.717, 1.165) is 66.9 Å². The SMILES string of the molecule is CN1CCCN(C2=Nc3ccccc3Oc3ccc(N)cc32)CC1. The number of benzene rings is 2. The minimum atomic E-state index is 0.725. The maximum absolute atomic E-state index is 6.12. The zero-order chi connectivity index (χ0) is 16.5. The summed E-state index contributed by atoms with van der Waals surface area (Å²) in [6, 6.07) is 13.7. The molecule has 0 saturated carbocycles. The van der Waals surface area contributed by atoms with E-state index in [2.05, 4.69) is 16.8 Å². The van der Waals surface area contributed by atoms with Crippen LogP contribution in [0.5, 0.6) is 11.5 Å². The van der Waals surface area contributed by atoms with Crippen molar-refractivity contribution in [2.24, 2.45) is 4.99 Å². The Morgan fingerprint density at radius 1 is 1.00 bits per heavy atom. The molecule has 1 saturated heterocycles. The lowest BCUT2D eigenvalue weighted by Crippen LogP contribution is -2.35. The Bertz CT molecular complexity index is 787. The molecule has 0 spiro atoms. The molecule has 2 aromatic rings. The highest BCUT2D eigenvalue weighted by Gasteiger charge is 2.24. The Hall–Kier alpha value is -2.53. The van der Waals surface area contributed by atoms with E-state index in [-0.39, 0.29) is 0 Å². The van der Waals surface area contributed by atoms with E-state index in [0.29, 0.717) is 0 Å². The maximum Gasteiger partial charge on any atom is 0.153 e. The van der Waals surface area contributed by atoms with Crippen LogP contribution in [0.1, 0.15) is 12.0 Å². The first kappa shape index (κ1) is 15.0. The molecule has 0 aromatic heterocycles. The average Bonchev–Trinajstić information content (AvgIpc) is 2.88. The van der Waals surface area contributed by atoms with Crippen molar-refractivity contribution in [2.45, 2.75) is 6.42 Å². The van der Waals surface area contributed by atoms with E-state index in [4.69, 9.17) is 15.5 Å². The van der Waals surface area contributed by atoms with Crippen molar-refractivity contribution in [1.29, 1.82) is 0 Å². The van der Waals surface area contributed by atoms with Crippen molar-refractivity contribution in [3.05, 3.63) is 48.0 Å². The van der Waals surface area contributed by atoms with E-state index < -0.39 is 0 Å². The maximum atomic E-state index is 6.12. The lowest BCUT2D eigenvalue weighted by molar-refractivity contribution is 0.346. The second-order valence-corrected chi connectivity index (χ2v) is 6.40. The van der Waals surface area contributed by atoms with Crippen LogP contribution in [0, 0.1) is 0 Å². The van der Waals surface area contributed by atoms with Gasteiger partial charge in [0, 0.05) is 25.3 Å². The third-order valence-electron chi connectivity index (χ3n) is 4.58. The number of ether oxygens (including phenoxy) is 1. The number of hydrogen-bond acceptors (Lipinski definition) is 5. The minimum Gasteiger partial charge on any atom is -0.454 e. The lowest BCUT2D eigenvalue weighted by atomic mass is 10.1. The van der Waals surface area contributed by atoms with Gasteiger partial charge in [-0.1, -0.05) is 12.1 Å². The number of hydrogen-bond donors (Lipinski definition) is 1. The number of aliphatic imine (C=N–C) groups is 1. The fourth-order valence-electron chi connectivity index (χ4n) is 3.24. The molecule has 0 atom stereocenters. The molecule has 2 aromatic carbocycles. The average molecular weight is 322 g/mol. The molecule has 0 aliphatic carbocycles. The van der Waals surface area contributed by atoms with Crippen LogP contribution in [0.3, 0.4) is 0 Å². The normalized spacial score (nSPS) is 17.9. The van der Waals surface area contributed by atoms with Gasteiger partial charge in [0.05, 0.1) is 5.56 Å². The molecule has 4 rings (SSSR count). The predicted molar refractivity (Wildman–Crippen MR) is 97.3 cm³/mol. The van der Waals surface area contributed by atoms with Crippen LogP contribution in [0.25, 0.3) is 0 Å². The van der Waals surface area contributed by atoms with Gasteiger partial charge in [-0.05, 0) is 50.3 Å². The number of nitrogens with zero attached hydrogens (tertiary/aromatic N) is 3. The monoisotopic (exact) mass is 322 g/mol. The summed E-state index contributed by atoms with van der Waals surface area (Å²) in [5, 5.41) is 0. The summed E-state index contributed by atoms with van der Waals surface area (Å²) in [5.41, 5.74) is 8.60. The van der Waals surface area contributed by atoms with Crippen molar-refractivity contribution in [3.63, 3.8) is 0 Å².